The van der Waals surface area contributed by atoms with E-state index in [2.05, 4.69) is 13.5 Å². The van der Waals surface area contributed by atoms with Crippen LogP contribution in [-0.4, -0.2) is 26.2 Å². The first kappa shape index (κ1) is 18.1. The summed E-state index contributed by atoms with van der Waals surface area (Å²) in [5, 5.41) is 0. The summed E-state index contributed by atoms with van der Waals surface area (Å²) in [4.78, 5) is 24.3. The molecule has 0 N–H and O–H groups in total. The van der Waals surface area contributed by atoms with Gasteiger partial charge < -0.3 is 9.47 Å². The number of ether oxygens (including phenoxy) is 2. The van der Waals surface area contributed by atoms with Gasteiger partial charge in [0.05, 0.1) is 14.2 Å². The molecule has 0 fully saturated rings. The first-order valence-corrected chi connectivity index (χ1v) is 7.37. The number of hydrogen-bond acceptors (Lipinski definition) is 4. The average molecular weight is 380 g/mol. The molecule has 0 aromatic carbocycles. The predicted octanol–water partition coefficient (Wildman–Crippen LogP) is 3.40. The Hall–Kier alpha value is -0.850. The Kier molecular flexibility index (Phi) is 8.71. The van der Waals surface area contributed by atoms with Crippen LogP contribution in [0.2, 0.25) is 0 Å². The van der Waals surface area contributed by atoms with E-state index in [0.29, 0.717) is 12.0 Å². The van der Waals surface area contributed by atoms with E-state index in [1.54, 1.807) is 10.2 Å². The molecule has 108 valence electrons. The molecule has 0 aliphatic carbocycles. The molecule has 0 aliphatic heterocycles. The van der Waals surface area contributed by atoms with Crippen LogP contribution in [0.5, 0.6) is 0 Å². The highest BCUT2D eigenvalue weighted by atomic mass is 127. The molecule has 5 heteroatoms. The van der Waals surface area contributed by atoms with Crippen molar-refractivity contribution in [1.29, 1.82) is 0 Å². The van der Waals surface area contributed by atoms with E-state index in [9.17, 15) is 9.59 Å². The number of esters is 2. The molecule has 0 saturated heterocycles. The van der Waals surface area contributed by atoms with E-state index in [1.807, 2.05) is 22.6 Å². The van der Waals surface area contributed by atoms with Crippen molar-refractivity contribution >= 4 is 34.5 Å². The highest BCUT2D eigenvalue weighted by molar-refractivity contribution is 14.1. The van der Waals surface area contributed by atoms with E-state index >= 15 is 0 Å². The quantitative estimate of drug-likeness (QED) is 0.280. The third kappa shape index (κ3) is 4.06. The molecule has 0 aliphatic rings. The molecule has 0 radical (unpaired) electrons. The standard InChI is InChI=1S/C14H21IO4/c1-5-7-8-11(10-15)14(9-6-2,12(16)18-3)13(17)19-4/h6,10H,2,5,7-9H2,1,3-4H3/b11-10-. The van der Waals surface area contributed by atoms with Crippen molar-refractivity contribution in [3.05, 3.63) is 22.3 Å². The third-order valence-corrected chi connectivity index (χ3v) is 3.75. The molecule has 19 heavy (non-hydrogen) atoms. The maximum absolute atomic E-state index is 12.2. The monoisotopic (exact) mass is 380 g/mol. The molecular formula is C14H21IO4. The number of hydrogen-bond donors (Lipinski definition) is 0. The van der Waals surface area contributed by atoms with E-state index in [-0.39, 0.29) is 6.42 Å². The summed E-state index contributed by atoms with van der Waals surface area (Å²) in [6.45, 7) is 5.68. The van der Waals surface area contributed by atoms with Crippen LogP contribution < -0.4 is 0 Å². The minimum Gasteiger partial charge on any atom is -0.468 e. The van der Waals surface area contributed by atoms with Crippen LogP contribution >= 0.6 is 22.6 Å². The van der Waals surface area contributed by atoms with Crippen molar-refractivity contribution in [3.8, 4) is 0 Å². The Morgan fingerprint density at radius 2 is 1.79 bits per heavy atom. The molecule has 4 nitrogen and oxygen atoms in total. The van der Waals surface area contributed by atoms with Gasteiger partial charge >= 0.3 is 11.9 Å². The lowest BCUT2D eigenvalue weighted by Gasteiger charge is -2.29. The topological polar surface area (TPSA) is 52.6 Å². The summed E-state index contributed by atoms with van der Waals surface area (Å²) in [6.07, 6.45) is 4.23. The van der Waals surface area contributed by atoms with E-state index in [4.69, 9.17) is 9.47 Å². The second-order valence-corrected chi connectivity index (χ2v) is 4.74. The molecule has 0 spiro atoms. The number of carbonyl (C=O) groups excluding carboxylic acids is 2. The van der Waals surface area contributed by atoms with Crippen LogP contribution in [0.25, 0.3) is 0 Å². The summed E-state index contributed by atoms with van der Waals surface area (Å²) in [6, 6.07) is 0. The van der Waals surface area contributed by atoms with Crippen LogP contribution in [-0.2, 0) is 19.1 Å². The molecule has 0 amide bonds. The molecular weight excluding hydrogens is 359 g/mol. The molecule has 0 aromatic heterocycles. The van der Waals surface area contributed by atoms with Gasteiger partial charge in [-0.05, 0) is 28.9 Å². The van der Waals surface area contributed by atoms with E-state index < -0.39 is 17.4 Å². The summed E-state index contributed by atoms with van der Waals surface area (Å²) < 4.78 is 11.4. The van der Waals surface area contributed by atoms with Gasteiger partial charge in [-0.1, -0.05) is 42.0 Å². The van der Waals surface area contributed by atoms with Gasteiger partial charge in [0.2, 0.25) is 0 Å². The van der Waals surface area contributed by atoms with Crippen LogP contribution in [0.15, 0.2) is 22.3 Å². The van der Waals surface area contributed by atoms with Gasteiger partial charge in [-0.25, -0.2) is 0 Å². The molecule has 0 heterocycles. The second kappa shape index (κ2) is 9.12. The summed E-state index contributed by atoms with van der Waals surface area (Å²) >= 11 is 2.04. The van der Waals surface area contributed by atoms with Gasteiger partial charge in [0, 0.05) is 0 Å². The highest BCUT2D eigenvalue weighted by Gasteiger charge is 2.50. The van der Waals surface area contributed by atoms with Crippen molar-refractivity contribution in [2.45, 2.75) is 32.6 Å². The normalized spacial score (nSPS) is 11.9. The maximum Gasteiger partial charge on any atom is 0.327 e. The van der Waals surface area contributed by atoms with E-state index in [1.165, 1.54) is 14.2 Å². The lowest BCUT2D eigenvalue weighted by Crippen LogP contribution is -2.42. The van der Waals surface area contributed by atoms with Crippen LogP contribution in [0, 0.1) is 5.41 Å². The number of rotatable bonds is 8. The molecule has 0 saturated carbocycles. The van der Waals surface area contributed by atoms with Crippen LogP contribution in [0.3, 0.4) is 0 Å². The van der Waals surface area contributed by atoms with Gasteiger partial charge in [-0.2, -0.15) is 0 Å². The second-order valence-electron chi connectivity index (χ2n) is 4.12. The number of unbranched alkanes of at least 4 members (excludes halogenated alkanes) is 1. The Morgan fingerprint density at radius 1 is 1.26 bits per heavy atom. The number of methoxy groups -OCH3 is 2. The number of carbonyl (C=O) groups is 2. The van der Waals surface area contributed by atoms with Crippen molar-refractivity contribution in [2.75, 3.05) is 14.2 Å². The first-order chi connectivity index (χ1) is 9.04. The Morgan fingerprint density at radius 3 is 2.11 bits per heavy atom. The van der Waals surface area contributed by atoms with Gasteiger partial charge in [0.25, 0.3) is 0 Å². The minimum atomic E-state index is -1.40. The fourth-order valence-corrected chi connectivity index (χ4v) is 2.78. The van der Waals surface area contributed by atoms with Gasteiger partial charge in [-0.3, -0.25) is 9.59 Å². The summed E-state index contributed by atoms with van der Waals surface area (Å²) in [5.74, 6) is -1.20. The molecule has 0 aromatic rings. The van der Waals surface area contributed by atoms with Crippen molar-refractivity contribution in [1.82, 2.24) is 0 Å². The summed E-state index contributed by atoms with van der Waals surface area (Å²) in [5.41, 5.74) is -0.685. The van der Waals surface area contributed by atoms with Crippen LogP contribution in [0.1, 0.15) is 32.6 Å². The first-order valence-electron chi connectivity index (χ1n) is 6.12. The van der Waals surface area contributed by atoms with Crippen molar-refractivity contribution in [2.24, 2.45) is 5.41 Å². The average Bonchev–Trinajstić information content (AvgIpc) is 2.44. The maximum atomic E-state index is 12.2. The van der Waals surface area contributed by atoms with E-state index in [0.717, 1.165) is 12.8 Å². The zero-order valence-electron chi connectivity index (χ0n) is 11.7. The number of halogens is 1. The van der Waals surface area contributed by atoms with Gasteiger partial charge in [0.1, 0.15) is 0 Å². The van der Waals surface area contributed by atoms with Gasteiger partial charge in [0.15, 0.2) is 5.41 Å². The smallest absolute Gasteiger partial charge is 0.327 e. The molecule has 0 bridgehead atoms. The fourth-order valence-electron chi connectivity index (χ4n) is 1.94. The molecule has 0 atom stereocenters. The lowest BCUT2D eigenvalue weighted by atomic mass is 9.75. The Balaban J connectivity index is 5.72. The van der Waals surface area contributed by atoms with Gasteiger partial charge in [-0.15, -0.1) is 6.58 Å². The zero-order valence-corrected chi connectivity index (χ0v) is 13.9. The largest absolute Gasteiger partial charge is 0.468 e. The SMILES string of the molecule is C=CCC(C(=O)OC)(C(=O)OC)/C(=C\I)CCCC. The lowest BCUT2D eigenvalue weighted by molar-refractivity contribution is -0.165. The van der Waals surface area contributed by atoms with Crippen molar-refractivity contribution in [3.63, 3.8) is 0 Å². The highest BCUT2D eigenvalue weighted by Crippen LogP contribution is 2.38. The predicted molar refractivity (Wildman–Crippen MR) is 82.9 cm³/mol. The summed E-state index contributed by atoms with van der Waals surface area (Å²) in [7, 11) is 2.54. The fraction of sp³-hybridized carbons (Fsp3) is 0.571. The third-order valence-electron chi connectivity index (χ3n) is 3.00. The number of allylic oxidation sites excluding steroid dienone is 1. The minimum absolute atomic E-state index is 0.172. The Labute approximate surface area is 128 Å². The molecule has 0 rings (SSSR count). The van der Waals surface area contributed by atoms with Crippen LogP contribution in [0.4, 0.5) is 0 Å². The molecule has 0 unspecified atom stereocenters. The zero-order chi connectivity index (χ0) is 14.9. The van der Waals surface area contributed by atoms with Crippen molar-refractivity contribution < 1.29 is 19.1 Å². The Bertz CT molecular complexity index is 344.